The van der Waals surface area contributed by atoms with Crippen LogP contribution >= 0.6 is 0 Å². The number of carbonyl (C=O) groups excluding carboxylic acids is 1. The summed E-state index contributed by atoms with van der Waals surface area (Å²) >= 11 is 0. The Morgan fingerprint density at radius 1 is 1.15 bits per heavy atom. The summed E-state index contributed by atoms with van der Waals surface area (Å²) in [5, 5.41) is 13.5. The van der Waals surface area contributed by atoms with Crippen molar-refractivity contribution in [3.8, 4) is 16.9 Å². The average molecular weight is 570 g/mol. The zero-order chi connectivity index (χ0) is 29.7. The lowest BCUT2D eigenvalue weighted by atomic mass is 9.95. The maximum atomic E-state index is 15.3. The first kappa shape index (κ1) is 28.3. The van der Waals surface area contributed by atoms with Crippen LogP contribution in [0.2, 0.25) is 0 Å². The lowest BCUT2D eigenvalue weighted by Crippen LogP contribution is -2.44. The van der Waals surface area contributed by atoms with Gasteiger partial charge in [0.1, 0.15) is 22.8 Å². The van der Waals surface area contributed by atoms with Gasteiger partial charge in [-0.05, 0) is 47.1 Å². The molecule has 1 aromatic carbocycles. The number of rotatable bonds is 6. The minimum Gasteiger partial charge on any atom is -0.444 e. The molecular formula is C29H30F3N5O4. The van der Waals surface area contributed by atoms with E-state index in [9.17, 15) is 18.7 Å². The van der Waals surface area contributed by atoms with Crippen LogP contribution < -0.4 is 10.1 Å². The van der Waals surface area contributed by atoms with E-state index in [1.54, 1.807) is 57.2 Å². The van der Waals surface area contributed by atoms with Gasteiger partial charge in [0, 0.05) is 47.3 Å². The molecular weight excluding hydrogens is 539 g/mol. The van der Waals surface area contributed by atoms with E-state index in [2.05, 4.69) is 20.3 Å². The summed E-state index contributed by atoms with van der Waals surface area (Å²) in [4.78, 5) is 25.5. The third kappa shape index (κ3) is 5.69. The summed E-state index contributed by atoms with van der Waals surface area (Å²) in [6.07, 6.45) is 3.02. The molecule has 0 spiro atoms. The number of fused-ring (bicyclic) bond motifs is 3. The molecule has 0 unspecified atom stereocenters. The van der Waals surface area contributed by atoms with Crippen molar-refractivity contribution in [2.45, 2.75) is 70.8 Å². The van der Waals surface area contributed by atoms with E-state index in [1.807, 2.05) is 0 Å². The molecule has 0 aliphatic heterocycles. The minimum absolute atomic E-state index is 0.00331. The van der Waals surface area contributed by atoms with Gasteiger partial charge in [-0.2, -0.15) is 8.78 Å². The van der Waals surface area contributed by atoms with Crippen molar-refractivity contribution in [2.24, 2.45) is 0 Å². The van der Waals surface area contributed by atoms with E-state index in [0.29, 0.717) is 22.5 Å². The van der Waals surface area contributed by atoms with Crippen LogP contribution in [0, 0.1) is 5.82 Å². The Bertz CT molecular complexity index is 1600. The number of alkyl carbamates (subject to hydrolysis) is 1. The van der Waals surface area contributed by atoms with E-state index in [-0.39, 0.29) is 29.2 Å². The largest absolute Gasteiger partial charge is 0.444 e. The van der Waals surface area contributed by atoms with Crippen molar-refractivity contribution >= 4 is 11.7 Å². The fourth-order valence-electron chi connectivity index (χ4n) is 5.00. The number of alkyl halides is 2. The van der Waals surface area contributed by atoms with Crippen LogP contribution in [0.3, 0.4) is 0 Å². The molecule has 0 bridgehead atoms. The number of aliphatic hydroxyl groups is 1. The monoisotopic (exact) mass is 569 g/mol. The number of benzene rings is 1. The van der Waals surface area contributed by atoms with Gasteiger partial charge in [0.15, 0.2) is 5.82 Å². The molecule has 3 aromatic heterocycles. The third-order valence-corrected chi connectivity index (χ3v) is 6.73. The second-order valence-corrected chi connectivity index (χ2v) is 11.4. The number of carbonyl (C=O) groups is 1. The van der Waals surface area contributed by atoms with Crippen LogP contribution in [0.5, 0.6) is 5.75 Å². The van der Waals surface area contributed by atoms with Crippen LogP contribution in [0.15, 0.2) is 48.9 Å². The van der Waals surface area contributed by atoms with Crippen molar-refractivity contribution in [1.82, 2.24) is 24.7 Å². The van der Waals surface area contributed by atoms with Gasteiger partial charge in [0.25, 0.3) is 0 Å². The van der Waals surface area contributed by atoms with Crippen LogP contribution in [0.1, 0.15) is 75.8 Å². The Kier molecular flexibility index (Phi) is 7.14. The second-order valence-electron chi connectivity index (χ2n) is 11.4. The number of hydrogen-bond acceptors (Lipinski definition) is 7. The van der Waals surface area contributed by atoms with Crippen LogP contribution in [0.25, 0.3) is 16.8 Å². The molecule has 1 aliphatic carbocycles. The number of hydrogen-bond donors (Lipinski definition) is 2. The Morgan fingerprint density at radius 2 is 1.83 bits per heavy atom. The number of aromatic nitrogens is 4. The van der Waals surface area contributed by atoms with Crippen molar-refractivity contribution in [3.05, 3.63) is 77.5 Å². The van der Waals surface area contributed by atoms with Gasteiger partial charge in [0.2, 0.25) is 0 Å². The van der Waals surface area contributed by atoms with Crippen LogP contribution in [-0.4, -0.2) is 42.8 Å². The fourth-order valence-corrected chi connectivity index (χ4v) is 5.00. The van der Waals surface area contributed by atoms with E-state index >= 15 is 4.39 Å². The van der Waals surface area contributed by atoms with E-state index < -0.39 is 41.7 Å². The molecule has 12 heteroatoms. The fraction of sp³-hybridized carbons (Fsp3) is 0.379. The maximum absolute atomic E-state index is 15.3. The number of para-hydroxylation sites is 1. The Balaban J connectivity index is 1.50. The van der Waals surface area contributed by atoms with Crippen molar-refractivity contribution in [2.75, 3.05) is 0 Å². The molecule has 9 nitrogen and oxygen atoms in total. The molecule has 41 heavy (non-hydrogen) atoms. The smallest absolute Gasteiger partial charge is 0.408 e. The quantitative estimate of drug-likeness (QED) is 0.299. The van der Waals surface area contributed by atoms with Gasteiger partial charge in [0.05, 0.1) is 23.0 Å². The molecule has 0 fully saturated rings. The summed E-state index contributed by atoms with van der Waals surface area (Å²) in [5.41, 5.74) is 0.491. The Morgan fingerprint density at radius 3 is 2.49 bits per heavy atom. The molecule has 1 aliphatic rings. The van der Waals surface area contributed by atoms with Crippen LogP contribution in [-0.2, 0) is 10.3 Å². The Hall–Kier alpha value is -4.19. The predicted octanol–water partition coefficient (Wildman–Crippen LogP) is 5.86. The zero-order valence-corrected chi connectivity index (χ0v) is 23.2. The lowest BCUT2D eigenvalue weighted by molar-refractivity contribution is -0.0506. The molecule has 0 saturated heterocycles. The highest BCUT2D eigenvalue weighted by Crippen LogP contribution is 2.47. The molecule has 1 amide bonds. The number of halogens is 3. The SMILES string of the molecule is CC(C)(C)OC(=O)NC(C)(C)c1ncc(-c2cn3c4c(nc3cc2F)[C@H](O)C[C@@H]4c2ccccc2OC(F)F)cn1. The standard InChI is InChI=1S/C29H30F3N5O4/c1-28(2,3)41-27(39)36-29(4,5)25-33-12-15(13-34-25)18-14-37-22(11-19(18)30)35-23-20(38)10-17(24(23)37)16-8-6-7-9-21(16)40-26(31)32/h6-9,11-14,17,20,26,38H,10H2,1-5H3,(H,36,39)/t17-,20-/m1/s1. The second kappa shape index (κ2) is 10.3. The zero-order valence-electron chi connectivity index (χ0n) is 23.2. The summed E-state index contributed by atoms with van der Waals surface area (Å²) in [6, 6.07) is 7.63. The summed E-state index contributed by atoms with van der Waals surface area (Å²) in [5.74, 6) is -0.829. The first-order valence-electron chi connectivity index (χ1n) is 13.0. The predicted molar refractivity (Wildman–Crippen MR) is 143 cm³/mol. The number of aliphatic hydroxyl groups excluding tert-OH is 1. The average Bonchev–Trinajstić information content (AvgIpc) is 3.38. The molecule has 3 heterocycles. The highest BCUT2D eigenvalue weighted by Gasteiger charge is 2.38. The van der Waals surface area contributed by atoms with Crippen molar-refractivity contribution < 1.29 is 32.5 Å². The molecule has 0 radical (unpaired) electrons. The molecule has 2 N–H and O–H groups in total. The number of nitrogens with zero attached hydrogens (tertiary/aromatic N) is 4. The van der Waals surface area contributed by atoms with Gasteiger partial charge in [-0.1, -0.05) is 18.2 Å². The maximum Gasteiger partial charge on any atom is 0.408 e. The molecule has 216 valence electrons. The highest BCUT2D eigenvalue weighted by molar-refractivity contribution is 5.69. The normalized spacial score (nSPS) is 17.1. The van der Waals surface area contributed by atoms with Crippen molar-refractivity contribution in [3.63, 3.8) is 0 Å². The molecule has 5 rings (SSSR count). The summed E-state index contributed by atoms with van der Waals surface area (Å²) in [7, 11) is 0. The number of nitrogens with one attached hydrogen (secondary N) is 1. The third-order valence-electron chi connectivity index (χ3n) is 6.73. The lowest BCUT2D eigenvalue weighted by Gasteiger charge is -2.27. The first-order chi connectivity index (χ1) is 19.2. The summed E-state index contributed by atoms with van der Waals surface area (Å²) in [6.45, 7) is 5.68. The van der Waals surface area contributed by atoms with Gasteiger partial charge >= 0.3 is 12.7 Å². The number of ether oxygens (including phenoxy) is 2. The van der Waals surface area contributed by atoms with Gasteiger partial charge in [-0.3, -0.25) is 0 Å². The number of amides is 1. The van der Waals surface area contributed by atoms with Crippen LogP contribution in [0.4, 0.5) is 18.0 Å². The molecule has 4 aromatic rings. The van der Waals surface area contributed by atoms with E-state index in [0.717, 1.165) is 0 Å². The van der Waals surface area contributed by atoms with Gasteiger partial charge in [-0.15, -0.1) is 0 Å². The Labute approximate surface area is 234 Å². The van der Waals surface area contributed by atoms with Gasteiger partial charge in [-0.25, -0.2) is 24.1 Å². The first-order valence-corrected chi connectivity index (χ1v) is 13.0. The highest BCUT2D eigenvalue weighted by atomic mass is 19.3. The molecule has 2 atom stereocenters. The number of imidazole rings is 1. The minimum atomic E-state index is -3.02. The van der Waals surface area contributed by atoms with E-state index in [1.165, 1.54) is 30.7 Å². The topological polar surface area (TPSA) is 111 Å². The van der Waals surface area contributed by atoms with Gasteiger partial charge < -0.3 is 24.3 Å². The van der Waals surface area contributed by atoms with Crippen molar-refractivity contribution in [1.29, 1.82) is 0 Å². The van der Waals surface area contributed by atoms with E-state index in [4.69, 9.17) is 9.47 Å². The number of pyridine rings is 1. The molecule has 0 saturated carbocycles. The summed E-state index contributed by atoms with van der Waals surface area (Å²) < 4.78 is 53.2.